The minimum Gasteiger partial charge on any atom is -0.756 e. The number of nitrogens with zero attached hydrogens (tertiary/aromatic N) is 2. The fourth-order valence-electron chi connectivity index (χ4n) is 2.21. The van der Waals surface area contributed by atoms with Crippen LogP contribution in [0.1, 0.15) is 25.3 Å². The second-order valence-corrected chi connectivity index (χ2v) is 6.33. The number of carbonyl (C=O) groups excluding carboxylic acids is 1. The molecule has 0 aliphatic rings. The molecule has 0 spiro atoms. The van der Waals surface area contributed by atoms with Crippen LogP contribution in [0.3, 0.4) is 0 Å². The quantitative estimate of drug-likeness (QED) is 0.467. The van der Waals surface area contributed by atoms with E-state index in [0.717, 1.165) is 24.8 Å². The average molecular weight is 379 g/mol. The van der Waals surface area contributed by atoms with E-state index in [1.807, 2.05) is 12.1 Å². The summed E-state index contributed by atoms with van der Waals surface area (Å²) in [6.07, 6.45) is 2.23. The summed E-state index contributed by atoms with van der Waals surface area (Å²) in [4.78, 5) is 35.3. The van der Waals surface area contributed by atoms with Crippen molar-refractivity contribution >= 4 is 30.9 Å². The van der Waals surface area contributed by atoms with E-state index in [-0.39, 0.29) is 35.5 Å². The number of hydrogen-bond donors (Lipinski definition) is 2. The van der Waals surface area contributed by atoms with Gasteiger partial charge in [0.1, 0.15) is 6.73 Å². The number of ether oxygens (including phenoxy) is 1. The molecule has 9 nitrogen and oxygen atoms in total. The fourth-order valence-corrected chi connectivity index (χ4v) is 2.47. The smallest absolute Gasteiger partial charge is 0.756 e. The number of amides is 1. The molecule has 1 amide bonds. The number of methoxy groups -OCH3 is 1. The standard InChI is InChI=1S/C14H20N3O6P.Na/c1-3-4-5-10-6-7-12-11(8-10)15-13(16-14(18)22-2)17(12)9-23-24(19,20)21;/h6-8H,3-5,9H2,1-2H3,(H,15,16,18)(H2,19,20,21);/q;+1/p-1. The second-order valence-electron chi connectivity index (χ2n) is 5.13. The fraction of sp³-hybridized carbons (Fsp3) is 0.429. The number of rotatable bonds is 7. The molecule has 132 valence electrons. The van der Waals surface area contributed by atoms with Gasteiger partial charge in [0.25, 0.3) is 7.82 Å². The van der Waals surface area contributed by atoms with Crippen molar-refractivity contribution in [3.8, 4) is 0 Å². The zero-order valence-electron chi connectivity index (χ0n) is 14.4. The van der Waals surface area contributed by atoms with Crippen LogP contribution >= 0.6 is 7.82 Å². The summed E-state index contributed by atoms with van der Waals surface area (Å²) in [5, 5.41) is 2.39. The zero-order valence-corrected chi connectivity index (χ0v) is 17.3. The van der Waals surface area contributed by atoms with E-state index in [1.165, 1.54) is 11.7 Å². The third-order valence-electron chi connectivity index (χ3n) is 3.38. The predicted octanol–water partition coefficient (Wildman–Crippen LogP) is -1.00. The van der Waals surface area contributed by atoms with Crippen LogP contribution in [0.4, 0.5) is 10.7 Å². The minimum atomic E-state index is -4.91. The third-order valence-corrected chi connectivity index (χ3v) is 3.82. The number of nitrogens with one attached hydrogen (secondary N) is 1. The number of aryl methyl sites for hydroxylation is 1. The third kappa shape index (κ3) is 6.38. The van der Waals surface area contributed by atoms with Crippen molar-refractivity contribution in [1.82, 2.24) is 9.55 Å². The summed E-state index contributed by atoms with van der Waals surface area (Å²) in [5.74, 6) is 0.0536. The van der Waals surface area contributed by atoms with E-state index < -0.39 is 20.6 Å². The van der Waals surface area contributed by atoms with Crippen LogP contribution in [0.2, 0.25) is 0 Å². The van der Waals surface area contributed by atoms with E-state index in [0.29, 0.717) is 11.0 Å². The topological polar surface area (TPSA) is 126 Å². The molecule has 0 fully saturated rings. The Kier molecular flexibility index (Phi) is 8.56. The van der Waals surface area contributed by atoms with Crippen LogP contribution in [0.25, 0.3) is 11.0 Å². The normalized spacial score (nSPS) is 13.1. The second kappa shape index (κ2) is 9.68. The molecule has 1 aromatic heterocycles. The van der Waals surface area contributed by atoms with Gasteiger partial charge in [0.05, 0.1) is 18.1 Å². The van der Waals surface area contributed by atoms with Gasteiger partial charge in [0.2, 0.25) is 5.95 Å². The molecule has 0 aliphatic heterocycles. The van der Waals surface area contributed by atoms with E-state index >= 15 is 0 Å². The van der Waals surface area contributed by atoms with Crippen molar-refractivity contribution in [3.63, 3.8) is 0 Å². The molecule has 25 heavy (non-hydrogen) atoms. The first-order valence-electron chi connectivity index (χ1n) is 7.36. The van der Waals surface area contributed by atoms with Gasteiger partial charge in [-0.25, -0.2) is 9.78 Å². The Morgan fingerprint density at radius 1 is 1.48 bits per heavy atom. The number of imidazole rings is 1. The van der Waals surface area contributed by atoms with E-state index in [4.69, 9.17) is 4.89 Å². The summed E-state index contributed by atoms with van der Waals surface area (Å²) in [6, 6.07) is 5.51. The maximum Gasteiger partial charge on any atom is 1.00 e. The first-order chi connectivity index (χ1) is 11.3. The molecule has 2 rings (SSSR count). The van der Waals surface area contributed by atoms with Gasteiger partial charge in [-0.3, -0.25) is 19.0 Å². The Morgan fingerprint density at radius 3 is 2.80 bits per heavy atom. The SMILES string of the molecule is CCCCc1ccc2c(c1)nc(NC(=O)OC)n2COP(=O)([O-])O.[Na+]. The number of carbonyl (C=O) groups is 1. The van der Waals surface area contributed by atoms with Crippen molar-refractivity contribution in [2.75, 3.05) is 12.4 Å². The van der Waals surface area contributed by atoms with E-state index in [2.05, 4.69) is 26.5 Å². The number of fused-ring (bicyclic) bond motifs is 1. The number of hydrogen-bond acceptors (Lipinski definition) is 6. The molecule has 2 aromatic rings. The number of unbranched alkanes of at least 4 members (excludes halogenated alkanes) is 1. The molecule has 1 aromatic carbocycles. The van der Waals surface area contributed by atoms with Crippen molar-refractivity contribution < 1.29 is 58.0 Å². The van der Waals surface area contributed by atoms with Crippen LogP contribution in [0.5, 0.6) is 0 Å². The number of phosphoric ester groups is 1. The maximum absolute atomic E-state index is 11.4. The summed E-state index contributed by atoms with van der Waals surface area (Å²) in [5.41, 5.74) is 2.20. The average Bonchev–Trinajstić information content (AvgIpc) is 2.86. The number of aromatic nitrogens is 2. The van der Waals surface area contributed by atoms with Crippen molar-refractivity contribution in [2.45, 2.75) is 32.9 Å². The molecular formula is C14H19N3NaO6P. The van der Waals surface area contributed by atoms with Crippen LogP contribution in [-0.2, 0) is 27.0 Å². The van der Waals surface area contributed by atoms with Crippen LogP contribution in [0, 0.1) is 0 Å². The van der Waals surface area contributed by atoms with Gasteiger partial charge in [0.15, 0.2) is 0 Å². The number of phosphoric acid groups is 1. The Bertz CT molecular complexity index is 775. The van der Waals surface area contributed by atoms with Gasteiger partial charge in [-0.2, -0.15) is 0 Å². The minimum absolute atomic E-state index is 0. The summed E-state index contributed by atoms with van der Waals surface area (Å²) in [6.45, 7) is 1.57. The molecule has 1 unspecified atom stereocenters. The van der Waals surface area contributed by atoms with Gasteiger partial charge in [0, 0.05) is 0 Å². The Balaban J connectivity index is 0.00000312. The molecule has 0 bridgehead atoms. The van der Waals surface area contributed by atoms with Crippen molar-refractivity contribution in [1.29, 1.82) is 0 Å². The van der Waals surface area contributed by atoms with E-state index in [1.54, 1.807) is 6.07 Å². The summed E-state index contributed by atoms with van der Waals surface area (Å²) < 4.78 is 21.1. The van der Waals surface area contributed by atoms with E-state index in [9.17, 15) is 14.3 Å². The molecular weight excluding hydrogens is 360 g/mol. The van der Waals surface area contributed by atoms with Gasteiger partial charge in [-0.15, -0.1) is 0 Å². The molecule has 2 N–H and O–H groups in total. The number of benzene rings is 1. The number of anilines is 1. The Labute approximate surface area is 167 Å². The Hall–Kier alpha value is -0.930. The van der Waals surface area contributed by atoms with Crippen molar-refractivity contribution in [3.05, 3.63) is 23.8 Å². The van der Waals surface area contributed by atoms with Crippen molar-refractivity contribution in [2.24, 2.45) is 0 Å². The molecule has 0 radical (unpaired) electrons. The summed E-state index contributed by atoms with van der Waals surface area (Å²) >= 11 is 0. The molecule has 0 saturated heterocycles. The molecule has 0 aliphatic carbocycles. The molecule has 0 saturated carbocycles. The first-order valence-corrected chi connectivity index (χ1v) is 8.86. The molecule has 1 heterocycles. The van der Waals surface area contributed by atoms with Crippen LogP contribution in [0.15, 0.2) is 18.2 Å². The first kappa shape index (κ1) is 22.1. The van der Waals surface area contributed by atoms with Crippen LogP contribution < -0.4 is 39.8 Å². The molecule has 11 heteroatoms. The zero-order chi connectivity index (χ0) is 17.7. The van der Waals surface area contributed by atoms with Gasteiger partial charge in [-0.05, 0) is 30.5 Å². The largest absolute Gasteiger partial charge is 1.00 e. The summed E-state index contributed by atoms with van der Waals surface area (Å²) in [7, 11) is -3.72. The monoisotopic (exact) mass is 379 g/mol. The maximum atomic E-state index is 11.4. The molecule has 1 atom stereocenters. The van der Waals surface area contributed by atoms with Gasteiger partial charge >= 0.3 is 35.7 Å². The predicted molar refractivity (Wildman–Crippen MR) is 85.3 cm³/mol. The van der Waals surface area contributed by atoms with Gasteiger partial charge < -0.3 is 14.5 Å². The van der Waals surface area contributed by atoms with Crippen LogP contribution in [-0.4, -0.2) is 27.6 Å². The van der Waals surface area contributed by atoms with Gasteiger partial charge in [-0.1, -0.05) is 19.4 Å². The Morgan fingerprint density at radius 2 is 2.20 bits per heavy atom.